The van der Waals surface area contributed by atoms with Crippen LogP contribution in [0.3, 0.4) is 0 Å². The highest BCUT2D eigenvalue weighted by Crippen LogP contribution is 2.11. The Bertz CT molecular complexity index is 360. The highest BCUT2D eigenvalue weighted by molar-refractivity contribution is 5.81. The summed E-state index contributed by atoms with van der Waals surface area (Å²) in [5, 5.41) is 10.6. The molecule has 0 saturated carbocycles. The van der Waals surface area contributed by atoms with Gasteiger partial charge in [-0.15, -0.1) is 0 Å². The van der Waals surface area contributed by atoms with E-state index in [1.165, 1.54) is 10.8 Å². The molecule has 0 aliphatic heterocycles. The molecule has 0 aromatic heterocycles. The fourth-order valence-electron chi connectivity index (χ4n) is 1.22. The van der Waals surface area contributed by atoms with E-state index in [0.29, 0.717) is 6.61 Å². The summed E-state index contributed by atoms with van der Waals surface area (Å²) in [7, 11) is 7.55. The van der Waals surface area contributed by atoms with Crippen molar-refractivity contribution in [1.29, 1.82) is 0 Å². The summed E-state index contributed by atoms with van der Waals surface area (Å²) in [4.78, 5) is 2.00. The maximum atomic E-state index is 7.94. The molecule has 0 aliphatic carbocycles. The van der Waals surface area contributed by atoms with E-state index < -0.39 is 0 Å². The monoisotopic (exact) mass is 263 g/mol. The lowest BCUT2D eigenvalue weighted by Gasteiger charge is -1.92. The highest BCUT2D eigenvalue weighted by Gasteiger charge is 1.85. The molecule has 106 valence electrons. The molecule has 2 aromatic carbocycles. The Balaban J connectivity index is 0.000000307. The molecular weight excluding hydrogens is 238 g/mol. The number of benzene rings is 2. The number of hydrogen-bond donors (Lipinski definition) is 1. The maximum Gasteiger partial charge on any atom is 0.0693 e. The first kappa shape index (κ1) is 17.6. The summed E-state index contributed by atoms with van der Waals surface area (Å²) in [6.07, 6.45) is 0. The lowest BCUT2D eigenvalue weighted by atomic mass is 10.1. The van der Waals surface area contributed by atoms with Gasteiger partial charge in [0.05, 0.1) is 13.2 Å². The van der Waals surface area contributed by atoms with Gasteiger partial charge in [-0.25, -0.2) is 0 Å². The fourth-order valence-corrected chi connectivity index (χ4v) is 1.22. The predicted octanol–water partition coefficient (Wildman–Crippen LogP) is 2.64. The summed E-state index contributed by atoms with van der Waals surface area (Å²) in [5.74, 6) is 0. The summed E-state index contributed by atoms with van der Waals surface area (Å²) in [6.45, 7) is 0.566. The number of methoxy groups -OCH3 is 1. The predicted molar refractivity (Wildman–Crippen MR) is 82.5 cm³/mol. The van der Waals surface area contributed by atoms with E-state index in [4.69, 9.17) is 5.11 Å². The second-order valence-electron chi connectivity index (χ2n) is 4.41. The number of aliphatic hydroxyl groups excluding tert-OH is 1. The zero-order chi connectivity index (χ0) is 14.5. The molecule has 0 amide bonds. The molecule has 0 saturated heterocycles. The minimum Gasteiger partial charge on any atom is -0.394 e. The van der Waals surface area contributed by atoms with E-state index in [9.17, 15) is 0 Å². The number of fused-ring (bicyclic) bond motifs is 1. The minimum atomic E-state index is 0.122. The third kappa shape index (κ3) is 10.2. The zero-order valence-corrected chi connectivity index (χ0v) is 12.3. The second kappa shape index (κ2) is 11.7. The molecule has 1 N–H and O–H groups in total. The standard InChI is InChI=1S/C10H8.C3H9N.C3H8O2/c1-2-6-10-8-4-3-7-9(10)5-1;1-4(2)3;1-5-3-2-4/h1-8H;1-3H3;4H,2-3H2,1H3. The van der Waals surface area contributed by atoms with Crippen LogP contribution in [-0.4, -0.2) is 51.5 Å². The molecular formula is C16H25NO2. The first-order chi connectivity index (χ1) is 9.11. The van der Waals surface area contributed by atoms with Crippen molar-refractivity contribution in [3.05, 3.63) is 48.5 Å². The lowest BCUT2D eigenvalue weighted by molar-refractivity contribution is 0.135. The van der Waals surface area contributed by atoms with Crippen LogP contribution in [0.5, 0.6) is 0 Å². The van der Waals surface area contributed by atoms with E-state index in [1.54, 1.807) is 7.11 Å². The molecule has 0 radical (unpaired) electrons. The van der Waals surface area contributed by atoms with Crippen LogP contribution in [-0.2, 0) is 4.74 Å². The van der Waals surface area contributed by atoms with Crippen molar-refractivity contribution in [3.8, 4) is 0 Å². The molecule has 0 bridgehead atoms. The van der Waals surface area contributed by atoms with Gasteiger partial charge in [0.15, 0.2) is 0 Å². The van der Waals surface area contributed by atoms with Gasteiger partial charge in [0.2, 0.25) is 0 Å². The topological polar surface area (TPSA) is 32.7 Å². The second-order valence-corrected chi connectivity index (χ2v) is 4.41. The Kier molecular flexibility index (Phi) is 10.8. The minimum absolute atomic E-state index is 0.122. The van der Waals surface area contributed by atoms with Gasteiger partial charge in [-0.3, -0.25) is 0 Å². The molecule has 0 atom stereocenters. The summed E-state index contributed by atoms with van der Waals surface area (Å²) in [6, 6.07) is 16.7. The summed E-state index contributed by atoms with van der Waals surface area (Å²) in [5.41, 5.74) is 0. The zero-order valence-electron chi connectivity index (χ0n) is 12.3. The Labute approximate surface area is 116 Å². The number of rotatable bonds is 2. The van der Waals surface area contributed by atoms with Gasteiger partial charge in [0.1, 0.15) is 0 Å². The van der Waals surface area contributed by atoms with Gasteiger partial charge in [-0.1, -0.05) is 48.5 Å². The van der Waals surface area contributed by atoms with Crippen molar-refractivity contribution in [2.75, 3.05) is 41.5 Å². The number of ether oxygens (including phenoxy) is 1. The number of nitrogens with zero attached hydrogens (tertiary/aromatic N) is 1. The molecule has 0 fully saturated rings. The van der Waals surface area contributed by atoms with E-state index in [-0.39, 0.29) is 6.61 Å². The Hall–Kier alpha value is -1.42. The smallest absolute Gasteiger partial charge is 0.0693 e. The van der Waals surface area contributed by atoms with E-state index in [1.807, 2.05) is 26.0 Å². The first-order valence-electron chi connectivity index (χ1n) is 6.26. The average Bonchev–Trinajstić information content (AvgIpc) is 2.40. The van der Waals surface area contributed by atoms with Crippen molar-refractivity contribution in [2.24, 2.45) is 0 Å². The van der Waals surface area contributed by atoms with Crippen LogP contribution in [0.4, 0.5) is 0 Å². The lowest BCUT2D eigenvalue weighted by Crippen LogP contribution is -1.99. The molecule has 3 heteroatoms. The van der Waals surface area contributed by atoms with Crippen molar-refractivity contribution < 1.29 is 9.84 Å². The summed E-state index contributed by atoms with van der Waals surface area (Å²) < 4.78 is 4.44. The SMILES string of the molecule is CN(C)C.COCCO.c1ccc2ccccc2c1. The van der Waals surface area contributed by atoms with Crippen molar-refractivity contribution in [2.45, 2.75) is 0 Å². The van der Waals surface area contributed by atoms with Crippen molar-refractivity contribution in [1.82, 2.24) is 4.90 Å². The molecule has 0 spiro atoms. The van der Waals surface area contributed by atoms with E-state index >= 15 is 0 Å². The molecule has 0 unspecified atom stereocenters. The van der Waals surface area contributed by atoms with Gasteiger partial charge in [0.25, 0.3) is 0 Å². The van der Waals surface area contributed by atoms with Crippen LogP contribution >= 0.6 is 0 Å². The highest BCUT2D eigenvalue weighted by atomic mass is 16.5. The van der Waals surface area contributed by atoms with Gasteiger partial charge in [-0.05, 0) is 31.9 Å². The number of hydrogen-bond acceptors (Lipinski definition) is 3. The quantitative estimate of drug-likeness (QED) is 0.904. The van der Waals surface area contributed by atoms with Gasteiger partial charge >= 0.3 is 0 Å². The third-order valence-electron chi connectivity index (χ3n) is 1.95. The summed E-state index contributed by atoms with van der Waals surface area (Å²) >= 11 is 0. The molecule has 0 aliphatic rings. The fraction of sp³-hybridized carbons (Fsp3) is 0.375. The van der Waals surface area contributed by atoms with Crippen molar-refractivity contribution >= 4 is 10.8 Å². The Morgan fingerprint density at radius 1 is 0.895 bits per heavy atom. The molecule has 2 aromatic rings. The Morgan fingerprint density at radius 3 is 1.37 bits per heavy atom. The van der Waals surface area contributed by atoms with Crippen LogP contribution < -0.4 is 0 Å². The van der Waals surface area contributed by atoms with Crippen LogP contribution in [0, 0.1) is 0 Å². The van der Waals surface area contributed by atoms with E-state index in [2.05, 4.69) is 53.3 Å². The molecule has 3 nitrogen and oxygen atoms in total. The van der Waals surface area contributed by atoms with Crippen LogP contribution in [0.15, 0.2) is 48.5 Å². The normalized spacial score (nSPS) is 9.37. The molecule has 19 heavy (non-hydrogen) atoms. The van der Waals surface area contributed by atoms with Crippen LogP contribution in [0.25, 0.3) is 10.8 Å². The average molecular weight is 263 g/mol. The molecule has 0 heterocycles. The largest absolute Gasteiger partial charge is 0.394 e. The molecule has 2 rings (SSSR count). The van der Waals surface area contributed by atoms with Crippen LogP contribution in [0.2, 0.25) is 0 Å². The number of aliphatic hydroxyl groups is 1. The van der Waals surface area contributed by atoms with Gasteiger partial charge in [0, 0.05) is 7.11 Å². The van der Waals surface area contributed by atoms with Gasteiger partial charge in [-0.2, -0.15) is 0 Å². The first-order valence-corrected chi connectivity index (χ1v) is 6.26. The maximum absolute atomic E-state index is 7.94. The van der Waals surface area contributed by atoms with E-state index in [0.717, 1.165) is 0 Å². The van der Waals surface area contributed by atoms with Crippen LogP contribution in [0.1, 0.15) is 0 Å². The van der Waals surface area contributed by atoms with Gasteiger partial charge < -0.3 is 14.7 Å². The third-order valence-corrected chi connectivity index (χ3v) is 1.95. The Morgan fingerprint density at radius 2 is 1.21 bits per heavy atom. The van der Waals surface area contributed by atoms with Crippen molar-refractivity contribution in [3.63, 3.8) is 0 Å².